The minimum Gasteiger partial charge on any atom is -0.481 e. The summed E-state index contributed by atoms with van der Waals surface area (Å²) >= 11 is 12.4. The molecule has 3 heterocycles. The van der Waals surface area contributed by atoms with E-state index in [1.807, 2.05) is 6.92 Å². The lowest BCUT2D eigenvalue weighted by Crippen LogP contribution is -2.23. The number of carbonyl (C=O) groups is 1. The van der Waals surface area contributed by atoms with Crippen molar-refractivity contribution in [2.45, 2.75) is 25.6 Å². The second-order valence-corrected chi connectivity index (χ2v) is 8.12. The highest BCUT2D eigenvalue weighted by Crippen LogP contribution is 2.34. The third kappa shape index (κ3) is 4.86. The first-order valence-corrected chi connectivity index (χ1v) is 10.7. The van der Waals surface area contributed by atoms with Crippen molar-refractivity contribution in [3.8, 4) is 23.0 Å². The van der Waals surface area contributed by atoms with E-state index in [1.165, 1.54) is 6.20 Å². The summed E-state index contributed by atoms with van der Waals surface area (Å²) in [7, 11) is 0. The van der Waals surface area contributed by atoms with E-state index in [2.05, 4.69) is 20.4 Å². The molecule has 0 fully saturated rings. The number of nitrogens with zero attached hydrogens (tertiary/aromatic N) is 4. The summed E-state index contributed by atoms with van der Waals surface area (Å²) in [5, 5.41) is 16.2. The highest BCUT2D eigenvalue weighted by atomic mass is 35.5. The van der Waals surface area contributed by atoms with Crippen LogP contribution in [0.5, 0.6) is 0 Å². The number of alkyl halides is 3. The molecule has 1 aromatic carbocycles. The number of fused-ring (bicyclic) bond motifs is 1. The van der Waals surface area contributed by atoms with Gasteiger partial charge in [0.05, 0.1) is 22.0 Å². The topological polar surface area (TPSA) is 106 Å². The summed E-state index contributed by atoms with van der Waals surface area (Å²) in [6.07, 6.45) is -2.53. The summed E-state index contributed by atoms with van der Waals surface area (Å²) in [6, 6.07) is 5.32. The van der Waals surface area contributed by atoms with Crippen LogP contribution >= 0.6 is 23.2 Å². The lowest BCUT2D eigenvalue weighted by atomic mass is 10.0. The van der Waals surface area contributed by atoms with E-state index in [1.54, 1.807) is 18.2 Å². The number of aliphatic carboxylic acids is 1. The molecule has 1 unspecified atom stereocenters. The molecule has 0 saturated heterocycles. The number of aromatic nitrogens is 4. The SMILES string of the molecule is CCNC(CC(=O)O)c1ccc(-c2noc(-c3cn4cc(C(F)(F)F)cc(Cl)c4n3)n2)c(Cl)c1. The number of carboxylic acid groups (broad SMARTS) is 1. The Balaban J connectivity index is 1.65. The molecular formula is C21H16Cl2F3N5O3. The summed E-state index contributed by atoms with van der Waals surface area (Å²) < 4.78 is 45.6. The molecule has 0 amide bonds. The summed E-state index contributed by atoms with van der Waals surface area (Å²) in [5.74, 6) is -0.868. The van der Waals surface area contributed by atoms with Gasteiger partial charge < -0.3 is 19.3 Å². The van der Waals surface area contributed by atoms with Gasteiger partial charge in [0.15, 0.2) is 5.65 Å². The van der Waals surface area contributed by atoms with Crippen molar-refractivity contribution in [2.75, 3.05) is 6.54 Å². The van der Waals surface area contributed by atoms with E-state index in [9.17, 15) is 18.0 Å². The second kappa shape index (κ2) is 9.24. The Morgan fingerprint density at radius 2 is 1.97 bits per heavy atom. The van der Waals surface area contributed by atoms with Gasteiger partial charge in [-0.1, -0.05) is 41.3 Å². The summed E-state index contributed by atoms with van der Waals surface area (Å²) in [6.45, 7) is 2.43. The number of pyridine rings is 1. The molecule has 34 heavy (non-hydrogen) atoms. The lowest BCUT2D eigenvalue weighted by molar-refractivity contribution is -0.138. The Morgan fingerprint density at radius 3 is 2.62 bits per heavy atom. The van der Waals surface area contributed by atoms with Crippen LogP contribution in [-0.2, 0) is 11.0 Å². The van der Waals surface area contributed by atoms with Gasteiger partial charge in [0.1, 0.15) is 5.69 Å². The maximum atomic E-state index is 13.1. The Morgan fingerprint density at radius 1 is 1.21 bits per heavy atom. The molecule has 8 nitrogen and oxygen atoms in total. The molecule has 0 saturated carbocycles. The van der Waals surface area contributed by atoms with Crippen LogP contribution in [0.15, 0.2) is 41.2 Å². The van der Waals surface area contributed by atoms with Crippen LogP contribution in [0.1, 0.15) is 30.5 Å². The van der Waals surface area contributed by atoms with Crippen LogP contribution in [-0.4, -0.2) is 37.1 Å². The van der Waals surface area contributed by atoms with E-state index < -0.39 is 23.8 Å². The first kappa shape index (κ1) is 24.0. The molecule has 13 heteroatoms. The van der Waals surface area contributed by atoms with Gasteiger partial charge in [-0.25, -0.2) is 4.98 Å². The van der Waals surface area contributed by atoms with E-state index in [0.717, 1.165) is 16.7 Å². The molecule has 0 spiro atoms. The Hall–Kier alpha value is -3.15. The third-order valence-electron chi connectivity index (χ3n) is 4.94. The van der Waals surface area contributed by atoms with Crippen molar-refractivity contribution in [3.63, 3.8) is 0 Å². The largest absolute Gasteiger partial charge is 0.481 e. The molecule has 0 aliphatic carbocycles. The van der Waals surface area contributed by atoms with Gasteiger partial charge in [-0.05, 0) is 30.3 Å². The van der Waals surface area contributed by atoms with Crippen molar-refractivity contribution < 1.29 is 27.6 Å². The normalized spacial score (nSPS) is 12.9. The van der Waals surface area contributed by atoms with Crippen LogP contribution in [0, 0.1) is 0 Å². The molecule has 178 valence electrons. The standard InChI is InChI=1S/C21H16Cl2F3N5O3/c1-2-27-15(7-17(32)33)10-3-4-12(13(22)5-10)18-29-20(34-30-18)16-9-31-8-11(21(24,25)26)6-14(23)19(31)28-16/h3-6,8-9,15,27H,2,7H2,1H3,(H,32,33). The smallest absolute Gasteiger partial charge is 0.417 e. The molecule has 0 aliphatic rings. The fourth-order valence-electron chi connectivity index (χ4n) is 3.41. The first-order chi connectivity index (χ1) is 16.1. The van der Waals surface area contributed by atoms with Gasteiger partial charge in [0.2, 0.25) is 5.82 Å². The Kier molecular flexibility index (Phi) is 6.52. The van der Waals surface area contributed by atoms with Crippen molar-refractivity contribution in [1.29, 1.82) is 0 Å². The predicted octanol–water partition coefficient (Wildman–Crippen LogP) is 5.50. The fourth-order valence-corrected chi connectivity index (χ4v) is 3.94. The average Bonchev–Trinajstić information content (AvgIpc) is 3.40. The maximum Gasteiger partial charge on any atom is 0.417 e. The van der Waals surface area contributed by atoms with Crippen LogP contribution in [0.3, 0.4) is 0 Å². The second-order valence-electron chi connectivity index (χ2n) is 7.30. The van der Waals surface area contributed by atoms with Gasteiger partial charge >= 0.3 is 12.1 Å². The van der Waals surface area contributed by atoms with Gasteiger partial charge in [-0.2, -0.15) is 18.2 Å². The molecule has 0 radical (unpaired) electrons. The van der Waals surface area contributed by atoms with Crippen LogP contribution < -0.4 is 5.32 Å². The Labute approximate surface area is 200 Å². The number of carboxylic acids is 1. The number of rotatable bonds is 7. The van der Waals surface area contributed by atoms with Crippen LogP contribution in [0.2, 0.25) is 10.0 Å². The van der Waals surface area contributed by atoms with Crippen molar-refractivity contribution in [1.82, 2.24) is 24.8 Å². The zero-order valence-corrected chi connectivity index (χ0v) is 18.9. The molecule has 3 aromatic heterocycles. The van der Waals surface area contributed by atoms with Crippen molar-refractivity contribution in [2.24, 2.45) is 0 Å². The van der Waals surface area contributed by atoms with Gasteiger partial charge in [0, 0.05) is 24.0 Å². The first-order valence-electron chi connectivity index (χ1n) is 9.91. The monoisotopic (exact) mass is 513 g/mol. The number of hydrogen-bond donors (Lipinski definition) is 2. The highest BCUT2D eigenvalue weighted by molar-refractivity contribution is 6.33. The minimum absolute atomic E-state index is 0.0418. The molecule has 0 bridgehead atoms. The molecule has 2 N–H and O–H groups in total. The van der Waals surface area contributed by atoms with Crippen LogP contribution in [0.4, 0.5) is 13.2 Å². The average molecular weight is 514 g/mol. The van der Waals surface area contributed by atoms with Crippen molar-refractivity contribution >= 4 is 34.8 Å². The maximum absolute atomic E-state index is 13.1. The molecular weight excluding hydrogens is 498 g/mol. The highest BCUT2D eigenvalue weighted by Gasteiger charge is 2.32. The summed E-state index contributed by atoms with van der Waals surface area (Å²) in [5.41, 5.74) is 0.399. The van der Waals surface area contributed by atoms with Crippen LogP contribution in [0.25, 0.3) is 28.6 Å². The predicted molar refractivity (Wildman–Crippen MR) is 118 cm³/mol. The summed E-state index contributed by atoms with van der Waals surface area (Å²) in [4.78, 5) is 19.6. The van der Waals surface area contributed by atoms with E-state index >= 15 is 0 Å². The molecule has 0 aliphatic heterocycles. The van der Waals surface area contributed by atoms with Crippen molar-refractivity contribution in [3.05, 3.63) is 57.8 Å². The van der Waals surface area contributed by atoms with E-state index in [0.29, 0.717) is 17.7 Å². The number of halogens is 5. The zero-order valence-electron chi connectivity index (χ0n) is 17.4. The zero-order chi connectivity index (χ0) is 24.6. The number of nitrogens with one attached hydrogen (secondary N) is 1. The third-order valence-corrected chi connectivity index (χ3v) is 5.54. The number of benzene rings is 1. The van der Waals surface area contributed by atoms with E-state index in [4.69, 9.17) is 32.8 Å². The van der Waals surface area contributed by atoms with E-state index in [-0.39, 0.29) is 39.5 Å². The van der Waals surface area contributed by atoms with Gasteiger partial charge in [0.25, 0.3) is 5.89 Å². The fraction of sp³-hybridized carbons (Fsp3) is 0.238. The Bertz CT molecular complexity index is 1370. The molecule has 4 rings (SSSR count). The molecule has 1 atom stereocenters. The molecule has 4 aromatic rings. The minimum atomic E-state index is -4.57. The lowest BCUT2D eigenvalue weighted by Gasteiger charge is -2.17. The quantitative estimate of drug-likeness (QED) is 0.336. The number of imidazole rings is 1. The van der Waals surface area contributed by atoms with Gasteiger partial charge in [-0.15, -0.1) is 0 Å². The van der Waals surface area contributed by atoms with Gasteiger partial charge in [-0.3, -0.25) is 4.79 Å². The number of hydrogen-bond acceptors (Lipinski definition) is 6.